The van der Waals surface area contributed by atoms with Crippen LogP contribution in [0.4, 0.5) is 10.9 Å². The van der Waals surface area contributed by atoms with Crippen molar-refractivity contribution in [1.82, 2.24) is 10.3 Å². The molecular formula is C13H22N4OS. The zero-order valence-electron chi connectivity index (χ0n) is 11.7. The molecule has 1 aromatic rings. The summed E-state index contributed by atoms with van der Waals surface area (Å²) in [6, 6.07) is 0.494. The van der Waals surface area contributed by atoms with Gasteiger partial charge < -0.3 is 16.4 Å². The van der Waals surface area contributed by atoms with E-state index in [1.54, 1.807) is 0 Å². The van der Waals surface area contributed by atoms with Gasteiger partial charge in [-0.15, -0.1) is 0 Å². The standard InChI is InChI=1S/C13H22N4OS/c1-4-13(2,3)17-11(18)9-10(14)16-12(19-9)15-8-6-5-7-8/h8H,4-7,14H2,1-3H3,(H,15,16)(H,17,18). The van der Waals surface area contributed by atoms with Crippen LogP contribution in [-0.2, 0) is 0 Å². The average molecular weight is 282 g/mol. The van der Waals surface area contributed by atoms with Crippen molar-refractivity contribution in [3.63, 3.8) is 0 Å². The molecule has 5 nitrogen and oxygen atoms in total. The van der Waals surface area contributed by atoms with Crippen LogP contribution in [-0.4, -0.2) is 22.5 Å². The molecule has 6 heteroatoms. The second-order valence-electron chi connectivity index (χ2n) is 5.70. The van der Waals surface area contributed by atoms with E-state index in [-0.39, 0.29) is 11.4 Å². The largest absolute Gasteiger partial charge is 0.382 e. The minimum atomic E-state index is -0.227. The Morgan fingerprint density at radius 1 is 1.53 bits per heavy atom. The first-order valence-electron chi connectivity index (χ1n) is 6.76. The van der Waals surface area contributed by atoms with Gasteiger partial charge in [0.05, 0.1) is 0 Å². The van der Waals surface area contributed by atoms with Gasteiger partial charge in [0.15, 0.2) is 5.13 Å². The molecule has 1 aliphatic rings. The minimum absolute atomic E-state index is 0.136. The van der Waals surface area contributed by atoms with Gasteiger partial charge in [0.1, 0.15) is 10.7 Å². The second kappa shape index (κ2) is 5.36. The van der Waals surface area contributed by atoms with E-state index in [0.29, 0.717) is 16.7 Å². The van der Waals surface area contributed by atoms with Crippen molar-refractivity contribution in [3.8, 4) is 0 Å². The van der Waals surface area contributed by atoms with Gasteiger partial charge in [-0.2, -0.15) is 0 Å². The number of carbonyl (C=O) groups excluding carboxylic acids is 1. The highest BCUT2D eigenvalue weighted by Gasteiger charge is 2.24. The molecule has 1 aromatic heterocycles. The molecular weight excluding hydrogens is 260 g/mol. The maximum atomic E-state index is 12.2. The lowest BCUT2D eigenvalue weighted by atomic mass is 9.93. The van der Waals surface area contributed by atoms with Crippen molar-refractivity contribution in [2.75, 3.05) is 11.1 Å². The molecule has 0 unspecified atom stereocenters. The molecule has 1 fully saturated rings. The van der Waals surface area contributed by atoms with Gasteiger partial charge in [0.25, 0.3) is 5.91 Å². The Labute approximate surface area is 118 Å². The topological polar surface area (TPSA) is 80.0 Å². The summed E-state index contributed by atoms with van der Waals surface area (Å²) in [5, 5.41) is 7.05. The van der Waals surface area contributed by atoms with E-state index in [0.717, 1.165) is 11.6 Å². The summed E-state index contributed by atoms with van der Waals surface area (Å²) >= 11 is 1.34. The highest BCUT2D eigenvalue weighted by atomic mass is 32.1. The first kappa shape index (κ1) is 14.1. The van der Waals surface area contributed by atoms with Crippen molar-refractivity contribution < 1.29 is 4.79 Å². The number of nitrogens with two attached hydrogens (primary N) is 1. The average Bonchev–Trinajstić information content (AvgIpc) is 2.65. The fourth-order valence-electron chi connectivity index (χ4n) is 1.74. The van der Waals surface area contributed by atoms with E-state index in [1.165, 1.54) is 30.6 Å². The van der Waals surface area contributed by atoms with Gasteiger partial charge in [0.2, 0.25) is 0 Å². The zero-order chi connectivity index (χ0) is 14.0. The lowest BCUT2D eigenvalue weighted by Crippen LogP contribution is -2.42. The highest BCUT2D eigenvalue weighted by molar-refractivity contribution is 7.18. The van der Waals surface area contributed by atoms with Gasteiger partial charge >= 0.3 is 0 Å². The minimum Gasteiger partial charge on any atom is -0.382 e. The summed E-state index contributed by atoms with van der Waals surface area (Å²) in [5.41, 5.74) is 5.61. The monoisotopic (exact) mass is 282 g/mol. The van der Waals surface area contributed by atoms with E-state index in [4.69, 9.17) is 5.73 Å². The normalized spacial score (nSPS) is 15.9. The molecule has 1 amide bonds. The van der Waals surface area contributed by atoms with Crippen LogP contribution in [0.25, 0.3) is 0 Å². The number of amides is 1. The Morgan fingerprint density at radius 3 is 2.74 bits per heavy atom. The predicted molar refractivity (Wildman–Crippen MR) is 79.6 cm³/mol. The number of anilines is 2. The fraction of sp³-hybridized carbons (Fsp3) is 0.692. The van der Waals surface area contributed by atoms with Crippen molar-refractivity contribution in [1.29, 1.82) is 0 Å². The van der Waals surface area contributed by atoms with Gasteiger partial charge in [0, 0.05) is 11.6 Å². The van der Waals surface area contributed by atoms with E-state index in [9.17, 15) is 4.79 Å². The maximum absolute atomic E-state index is 12.2. The Hall–Kier alpha value is -1.30. The lowest BCUT2D eigenvalue weighted by Gasteiger charge is -2.25. The molecule has 4 N–H and O–H groups in total. The molecule has 2 rings (SSSR count). The van der Waals surface area contributed by atoms with E-state index in [1.807, 2.05) is 20.8 Å². The number of thiazole rings is 1. The van der Waals surface area contributed by atoms with E-state index >= 15 is 0 Å². The van der Waals surface area contributed by atoms with Crippen LogP contribution in [0.2, 0.25) is 0 Å². The SMILES string of the molecule is CCC(C)(C)NC(=O)c1sc(NC2CCC2)nc1N. The zero-order valence-corrected chi connectivity index (χ0v) is 12.6. The Balaban J connectivity index is 2.04. The fourth-order valence-corrected chi connectivity index (χ4v) is 2.59. The second-order valence-corrected chi connectivity index (χ2v) is 6.70. The Bertz CT molecular complexity index is 465. The van der Waals surface area contributed by atoms with Crippen LogP contribution in [0, 0.1) is 0 Å². The number of aromatic nitrogens is 1. The van der Waals surface area contributed by atoms with E-state index < -0.39 is 0 Å². The number of hydrogen-bond acceptors (Lipinski definition) is 5. The first-order valence-corrected chi connectivity index (χ1v) is 7.58. The summed E-state index contributed by atoms with van der Waals surface area (Å²) in [5.74, 6) is 0.180. The smallest absolute Gasteiger partial charge is 0.265 e. The third-order valence-electron chi connectivity index (χ3n) is 3.63. The maximum Gasteiger partial charge on any atom is 0.265 e. The molecule has 19 heavy (non-hydrogen) atoms. The van der Waals surface area contributed by atoms with Crippen LogP contribution < -0.4 is 16.4 Å². The number of nitrogens with one attached hydrogen (secondary N) is 2. The number of rotatable bonds is 5. The molecule has 0 aliphatic heterocycles. The molecule has 0 radical (unpaired) electrons. The van der Waals surface area contributed by atoms with Crippen LogP contribution >= 0.6 is 11.3 Å². The van der Waals surface area contributed by atoms with E-state index in [2.05, 4.69) is 15.6 Å². The molecule has 1 heterocycles. The summed E-state index contributed by atoms with van der Waals surface area (Å²) in [6.07, 6.45) is 4.47. The van der Waals surface area contributed by atoms with Crippen molar-refractivity contribution in [3.05, 3.63) is 4.88 Å². The quantitative estimate of drug-likeness (QED) is 0.775. The molecule has 106 valence electrons. The summed E-state index contributed by atoms with van der Waals surface area (Å²) in [6.45, 7) is 6.03. The van der Waals surface area contributed by atoms with Crippen LogP contribution in [0.3, 0.4) is 0 Å². The van der Waals surface area contributed by atoms with Gasteiger partial charge in [-0.3, -0.25) is 4.79 Å². The molecule has 0 bridgehead atoms. The Kier molecular flexibility index (Phi) is 3.99. The molecule has 1 saturated carbocycles. The molecule has 0 atom stereocenters. The lowest BCUT2D eigenvalue weighted by molar-refractivity contribution is 0.0916. The summed E-state index contributed by atoms with van der Waals surface area (Å²) in [4.78, 5) is 16.9. The molecule has 1 aliphatic carbocycles. The summed E-state index contributed by atoms with van der Waals surface area (Å²) < 4.78 is 0. The predicted octanol–water partition coefficient (Wildman–Crippen LogP) is 2.61. The first-order chi connectivity index (χ1) is 8.91. The van der Waals surface area contributed by atoms with Gasteiger partial charge in [-0.25, -0.2) is 4.98 Å². The molecule has 0 spiro atoms. The summed E-state index contributed by atoms with van der Waals surface area (Å²) in [7, 11) is 0. The number of nitrogens with zero attached hydrogens (tertiary/aromatic N) is 1. The third-order valence-corrected chi connectivity index (χ3v) is 4.63. The van der Waals surface area contributed by atoms with Crippen molar-refractivity contribution in [2.24, 2.45) is 0 Å². The van der Waals surface area contributed by atoms with Crippen LogP contribution in [0.15, 0.2) is 0 Å². The number of hydrogen-bond donors (Lipinski definition) is 3. The number of nitrogen functional groups attached to an aromatic ring is 1. The molecule has 0 aromatic carbocycles. The van der Waals surface area contributed by atoms with Crippen LogP contribution in [0.1, 0.15) is 56.1 Å². The molecule has 0 saturated heterocycles. The Morgan fingerprint density at radius 2 is 2.21 bits per heavy atom. The van der Waals surface area contributed by atoms with Crippen molar-refractivity contribution >= 4 is 28.2 Å². The van der Waals surface area contributed by atoms with Crippen LogP contribution in [0.5, 0.6) is 0 Å². The van der Waals surface area contributed by atoms with Crippen molar-refractivity contribution in [2.45, 2.75) is 58.0 Å². The number of carbonyl (C=O) groups is 1. The third kappa shape index (κ3) is 3.37. The highest BCUT2D eigenvalue weighted by Crippen LogP contribution is 2.29. The van der Waals surface area contributed by atoms with Gasteiger partial charge in [-0.1, -0.05) is 18.3 Å². The van der Waals surface area contributed by atoms with Gasteiger partial charge in [-0.05, 0) is 39.5 Å².